The molecular formula is C28H27N3O2. The van der Waals surface area contributed by atoms with Crippen molar-refractivity contribution in [2.24, 2.45) is 0 Å². The van der Waals surface area contributed by atoms with Crippen LogP contribution < -0.4 is 0 Å². The molecule has 0 aliphatic carbocycles. The third-order valence-corrected chi connectivity index (χ3v) is 7.32. The largest absolute Gasteiger partial charge is 0.326 e. The first-order valence-corrected chi connectivity index (χ1v) is 11.7. The van der Waals surface area contributed by atoms with Gasteiger partial charge in [-0.05, 0) is 27.8 Å². The molecule has 0 saturated carbocycles. The van der Waals surface area contributed by atoms with E-state index in [1.165, 1.54) is 22.3 Å². The summed E-state index contributed by atoms with van der Waals surface area (Å²) in [7, 11) is 0. The van der Waals surface area contributed by atoms with Crippen LogP contribution in [0.25, 0.3) is 11.1 Å². The Balaban J connectivity index is 1.17. The highest BCUT2D eigenvalue weighted by molar-refractivity contribution is 5.98. The summed E-state index contributed by atoms with van der Waals surface area (Å²) in [6, 6.07) is 26.5. The second-order valence-electron chi connectivity index (χ2n) is 9.30. The molecule has 2 unspecified atom stereocenters. The summed E-state index contributed by atoms with van der Waals surface area (Å²) < 4.78 is 0. The molecule has 0 aromatic heterocycles. The van der Waals surface area contributed by atoms with E-state index in [9.17, 15) is 9.59 Å². The molecule has 2 atom stereocenters. The van der Waals surface area contributed by atoms with Gasteiger partial charge in [-0.3, -0.25) is 14.5 Å². The van der Waals surface area contributed by atoms with Crippen LogP contribution in [0.4, 0.5) is 0 Å². The number of nitrogens with zero attached hydrogens (tertiary/aromatic N) is 3. The van der Waals surface area contributed by atoms with Crippen molar-refractivity contribution in [2.45, 2.75) is 31.6 Å². The van der Waals surface area contributed by atoms with E-state index in [1.54, 1.807) is 0 Å². The van der Waals surface area contributed by atoms with E-state index in [-0.39, 0.29) is 23.9 Å². The van der Waals surface area contributed by atoms with Gasteiger partial charge in [-0.15, -0.1) is 0 Å². The lowest BCUT2D eigenvalue weighted by Crippen LogP contribution is -2.70. The molecule has 3 aliphatic rings. The number of hydrogen-bond acceptors (Lipinski definition) is 3. The fourth-order valence-electron chi connectivity index (χ4n) is 5.51. The van der Waals surface area contributed by atoms with Crippen LogP contribution in [0.5, 0.6) is 0 Å². The maximum atomic E-state index is 13.5. The molecular weight excluding hydrogens is 410 g/mol. The summed E-state index contributed by atoms with van der Waals surface area (Å²) in [6.07, 6.45) is 0.626. The Hall–Kier alpha value is -3.44. The van der Waals surface area contributed by atoms with E-state index in [2.05, 4.69) is 65.6 Å². The van der Waals surface area contributed by atoms with Crippen LogP contribution in [0, 0.1) is 0 Å². The average Bonchev–Trinajstić information content (AvgIpc) is 2.87. The zero-order valence-electron chi connectivity index (χ0n) is 18.6. The quantitative estimate of drug-likeness (QED) is 0.631. The van der Waals surface area contributed by atoms with Gasteiger partial charge in [0.2, 0.25) is 11.8 Å². The van der Waals surface area contributed by atoms with E-state index in [4.69, 9.17) is 0 Å². The van der Waals surface area contributed by atoms with E-state index in [1.807, 2.05) is 28.0 Å². The van der Waals surface area contributed by atoms with Gasteiger partial charge >= 0.3 is 0 Å². The van der Waals surface area contributed by atoms with Crippen LogP contribution in [-0.4, -0.2) is 58.2 Å². The molecule has 3 aromatic carbocycles. The Labute approximate surface area is 194 Å². The number of amides is 2. The number of carbonyl (C=O) groups excluding carboxylic acids is 2. The monoisotopic (exact) mass is 437 g/mol. The average molecular weight is 438 g/mol. The first-order valence-electron chi connectivity index (χ1n) is 11.7. The van der Waals surface area contributed by atoms with E-state index in [0.717, 1.165) is 18.7 Å². The Morgan fingerprint density at radius 1 is 0.667 bits per heavy atom. The highest BCUT2D eigenvalue weighted by Crippen LogP contribution is 2.31. The summed E-state index contributed by atoms with van der Waals surface area (Å²) in [5.41, 5.74) is 5.99. The highest BCUT2D eigenvalue weighted by Gasteiger charge is 2.49. The third-order valence-electron chi connectivity index (χ3n) is 7.32. The smallest absolute Gasteiger partial charge is 0.247 e. The number of carbonyl (C=O) groups is 2. The van der Waals surface area contributed by atoms with E-state index >= 15 is 0 Å². The number of rotatable bonds is 3. The lowest BCUT2D eigenvalue weighted by Gasteiger charge is -2.50. The number of benzene rings is 3. The number of hydrogen-bond donors (Lipinski definition) is 0. The lowest BCUT2D eigenvalue weighted by atomic mass is 9.89. The molecule has 0 N–H and O–H groups in total. The minimum Gasteiger partial charge on any atom is -0.326 e. The van der Waals surface area contributed by atoms with Crippen LogP contribution >= 0.6 is 0 Å². The molecule has 0 bridgehead atoms. The Morgan fingerprint density at radius 3 is 2.12 bits per heavy atom. The molecule has 166 valence electrons. The second-order valence-corrected chi connectivity index (χ2v) is 9.30. The molecule has 5 heteroatoms. The van der Waals surface area contributed by atoms with Crippen LogP contribution in [0.2, 0.25) is 0 Å². The molecule has 0 radical (unpaired) electrons. The minimum absolute atomic E-state index is 0.0956. The Bertz CT molecular complexity index is 1190. The van der Waals surface area contributed by atoms with Crippen molar-refractivity contribution < 1.29 is 9.59 Å². The van der Waals surface area contributed by atoms with Gasteiger partial charge in [-0.1, -0.05) is 78.9 Å². The molecule has 3 aromatic rings. The van der Waals surface area contributed by atoms with Crippen LogP contribution in [-0.2, 0) is 29.1 Å². The predicted molar refractivity (Wildman–Crippen MR) is 127 cm³/mol. The summed E-state index contributed by atoms with van der Waals surface area (Å²) in [6.45, 7) is 3.32. The Kier molecular flexibility index (Phi) is 4.99. The molecule has 0 spiro atoms. The molecule has 2 amide bonds. The number of fused-ring (bicyclic) bond motifs is 3. The molecule has 5 nitrogen and oxygen atoms in total. The first-order chi connectivity index (χ1) is 16.2. The predicted octanol–water partition coefficient (Wildman–Crippen LogP) is 3.33. The van der Waals surface area contributed by atoms with Gasteiger partial charge in [-0.25, -0.2) is 0 Å². The Morgan fingerprint density at radius 2 is 1.33 bits per heavy atom. The van der Waals surface area contributed by atoms with Gasteiger partial charge in [0.15, 0.2) is 0 Å². The summed E-state index contributed by atoms with van der Waals surface area (Å²) >= 11 is 0. The van der Waals surface area contributed by atoms with Gasteiger partial charge < -0.3 is 9.80 Å². The summed E-state index contributed by atoms with van der Waals surface area (Å²) in [4.78, 5) is 32.7. The first kappa shape index (κ1) is 20.2. The van der Waals surface area contributed by atoms with Crippen molar-refractivity contribution in [1.82, 2.24) is 14.7 Å². The van der Waals surface area contributed by atoms with Crippen molar-refractivity contribution in [3.63, 3.8) is 0 Å². The minimum atomic E-state index is -0.378. The van der Waals surface area contributed by atoms with Crippen LogP contribution in [0.3, 0.4) is 0 Å². The topological polar surface area (TPSA) is 43.9 Å². The fraction of sp³-hybridized carbons (Fsp3) is 0.286. The van der Waals surface area contributed by atoms with Crippen LogP contribution in [0.15, 0.2) is 78.9 Å². The van der Waals surface area contributed by atoms with Gasteiger partial charge in [-0.2, -0.15) is 0 Å². The molecule has 3 heterocycles. The maximum Gasteiger partial charge on any atom is 0.247 e. The zero-order valence-corrected chi connectivity index (χ0v) is 18.6. The molecule has 2 saturated heterocycles. The van der Waals surface area contributed by atoms with Gasteiger partial charge in [0.25, 0.3) is 0 Å². The van der Waals surface area contributed by atoms with Crippen molar-refractivity contribution >= 4 is 11.8 Å². The normalized spacial score (nSPS) is 22.5. The highest BCUT2D eigenvalue weighted by atomic mass is 16.2. The summed E-state index contributed by atoms with van der Waals surface area (Å²) in [5, 5.41) is 0. The van der Waals surface area contributed by atoms with Crippen molar-refractivity contribution in [3.05, 3.63) is 95.6 Å². The maximum absolute atomic E-state index is 13.5. The summed E-state index contributed by atoms with van der Waals surface area (Å²) in [5.74, 6) is 0.208. The molecule has 33 heavy (non-hydrogen) atoms. The van der Waals surface area contributed by atoms with Gasteiger partial charge in [0.05, 0.1) is 0 Å². The molecule has 6 rings (SSSR count). The van der Waals surface area contributed by atoms with Gasteiger partial charge in [0.1, 0.15) is 12.1 Å². The van der Waals surface area contributed by atoms with Gasteiger partial charge in [0, 0.05) is 39.1 Å². The number of piperazine rings is 2. The third kappa shape index (κ3) is 3.62. The van der Waals surface area contributed by atoms with Crippen molar-refractivity contribution in [3.8, 4) is 11.1 Å². The lowest BCUT2D eigenvalue weighted by molar-refractivity contribution is -0.167. The molecule has 2 fully saturated rings. The van der Waals surface area contributed by atoms with E-state index < -0.39 is 0 Å². The molecule has 3 aliphatic heterocycles. The SMILES string of the molecule is O=C1C2Cc3ccccc3CN2C(=O)C2CN(Cc3ccc(-c4ccccc4)cc3)CCN12. The van der Waals surface area contributed by atoms with Crippen molar-refractivity contribution in [1.29, 1.82) is 0 Å². The standard InChI is InChI=1S/C28H27N3O2/c32-27-25-16-23-8-4-5-9-24(23)18-31(25)28(33)26-19-29(14-15-30(26)27)17-20-10-12-22(13-11-20)21-6-2-1-3-7-21/h1-13,25-26H,14-19H2. The fourth-order valence-corrected chi connectivity index (χ4v) is 5.51. The van der Waals surface area contributed by atoms with Crippen LogP contribution in [0.1, 0.15) is 16.7 Å². The zero-order chi connectivity index (χ0) is 22.4. The second kappa shape index (κ2) is 8.16. The van der Waals surface area contributed by atoms with E-state index in [0.29, 0.717) is 26.1 Å². The van der Waals surface area contributed by atoms with Crippen molar-refractivity contribution in [2.75, 3.05) is 19.6 Å².